The zero-order valence-corrected chi connectivity index (χ0v) is 25.8. The number of hydrogen-bond acceptors (Lipinski definition) is 7. The molecule has 2 heterocycles. The van der Waals surface area contributed by atoms with Gasteiger partial charge in [-0.1, -0.05) is 23.9 Å². The molecule has 0 aliphatic carbocycles. The summed E-state index contributed by atoms with van der Waals surface area (Å²) in [6, 6.07) is 14.3. The van der Waals surface area contributed by atoms with Gasteiger partial charge in [0.15, 0.2) is 11.0 Å². The van der Waals surface area contributed by atoms with Gasteiger partial charge in [0.1, 0.15) is 12.1 Å². The number of aryl methyl sites for hydroxylation is 1. The van der Waals surface area contributed by atoms with Crippen molar-refractivity contribution in [2.45, 2.75) is 37.3 Å². The molecule has 45 heavy (non-hydrogen) atoms. The van der Waals surface area contributed by atoms with E-state index < -0.39 is 17.4 Å². The van der Waals surface area contributed by atoms with Crippen LogP contribution in [0, 0.1) is 12.7 Å². The van der Waals surface area contributed by atoms with Gasteiger partial charge in [0, 0.05) is 22.6 Å². The number of anilines is 2. The largest absolute Gasteiger partial charge is 0.446 e. The van der Waals surface area contributed by atoms with Crippen LogP contribution < -0.4 is 10.2 Å². The van der Waals surface area contributed by atoms with E-state index in [-0.39, 0.29) is 51.1 Å². The molecule has 0 saturated carbocycles. The minimum Gasteiger partial charge on any atom is -0.374 e. The normalized spacial score (nSPS) is 15.1. The van der Waals surface area contributed by atoms with Gasteiger partial charge in [0.25, 0.3) is 0 Å². The summed E-state index contributed by atoms with van der Waals surface area (Å²) >= 11 is 0.877. The fourth-order valence-electron chi connectivity index (χ4n) is 4.52. The zero-order chi connectivity index (χ0) is 32.3. The summed E-state index contributed by atoms with van der Waals surface area (Å²) in [6.07, 6.45) is 1.04. The maximum absolute atomic E-state index is 15.1. The lowest BCUT2D eigenvalue weighted by Crippen LogP contribution is -2.31. The molecule has 9 nitrogen and oxygen atoms in total. The average Bonchev–Trinajstić information content (AvgIpc) is 3.61. The predicted octanol–water partition coefficient (Wildman–Crippen LogP) is 7.76. The van der Waals surface area contributed by atoms with Gasteiger partial charge in [0.05, 0.1) is 28.9 Å². The van der Waals surface area contributed by atoms with E-state index >= 15 is 4.39 Å². The number of benzene rings is 3. The molecule has 1 N–H and O–H groups in total. The van der Waals surface area contributed by atoms with Crippen molar-refractivity contribution >= 4 is 52.0 Å². The van der Waals surface area contributed by atoms with E-state index in [1.165, 1.54) is 52.3 Å². The first kappa shape index (κ1) is 32.2. The summed E-state index contributed by atoms with van der Waals surface area (Å²) in [4.78, 5) is 35.4. The second-order valence-corrected chi connectivity index (χ2v) is 11.8. The molecule has 1 aromatic heterocycles. The van der Waals surface area contributed by atoms with Crippen LogP contribution in [0.2, 0.25) is 0 Å². The van der Waals surface area contributed by atoms with E-state index in [2.05, 4.69) is 20.4 Å². The van der Waals surface area contributed by atoms with Crippen molar-refractivity contribution in [3.63, 3.8) is 0 Å². The highest BCUT2D eigenvalue weighted by Crippen LogP contribution is 2.37. The molecule has 1 unspecified atom stereocenters. The number of nitrogens with one attached hydrogen (secondary N) is 1. The van der Waals surface area contributed by atoms with Crippen molar-refractivity contribution < 1.29 is 31.9 Å². The maximum Gasteiger partial charge on any atom is 0.446 e. The summed E-state index contributed by atoms with van der Waals surface area (Å²) in [5.41, 5.74) is -1.53. The smallest absolute Gasteiger partial charge is 0.374 e. The number of halogens is 4. The van der Waals surface area contributed by atoms with Crippen molar-refractivity contribution in [3.05, 3.63) is 83.9 Å². The van der Waals surface area contributed by atoms with E-state index in [9.17, 15) is 22.8 Å². The number of thioether (sulfide) groups is 2. The van der Waals surface area contributed by atoms with Gasteiger partial charge in [-0.05, 0) is 86.6 Å². The molecule has 0 spiro atoms. The van der Waals surface area contributed by atoms with Crippen LogP contribution in [-0.4, -0.2) is 49.7 Å². The first-order valence-corrected chi connectivity index (χ1v) is 15.4. The van der Waals surface area contributed by atoms with Crippen molar-refractivity contribution in [2.24, 2.45) is 4.99 Å². The Hall–Kier alpha value is -4.21. The lowest BCUT2D eigenvalue weighted by atomic mass is 10.0. The number of rotatable bonds is 8. The summed E-state index contributed by atoms with van der Waals surface area (Å²) in [7, 11) is 0. The molecular formula is C30H26F4N6O3S2. The Morgan fingerprint density at radius 2 is 1.91 bits per heavy atom. The molecule has 1 fully saturated rings. The van der Waals surface area contributed by atoms with Gasteiger partial charge in [0.2, 0.25) is 5.91 Å². The number of amidine groups is 1. The van der Waals surface area contributed by atoms with Gasteiger partial charge in [-0.25, -0.2) is 18.9 Å². The van der Waals surface area contributed by atoms with E-state index in [0.717, 1.165) is 29.0 Å². The molecule has 1 atom stereocenters. The number of aromatic nitrogens is 3. The summed E-state index contributed by atoms with van der Waals surface area (Å²) in [5, 5.41) is 6.86. The third-order valence-corrected chi connectivity index (χ3v) is 8.20. The number of ether oxygens (including phenoxy) is 1. The molecule has 4 aromatic rings. The molecule has 5 rings (SSSR count). The van der Waals surface area contributed by atoms with Gasteiger partial charge in [-0.15, -0.1) is 5.10 Å². The SMILES string of the molecule is CCOC(C)c1ccc(C)cc1N1C(=O)CS/C1=N\C(=O)Nc1ccc(-c2ncn(-c3ccc(SC(F)(F)F)cc3)n2)cc1F. The van der Waals surface area contributed by atoms with E-state index in [1.807, 2.05) is 39.0 Å². The van der Waals surface area contributed by atoms with Crippen LogP contribution in [0.4, 0.5) is 33.7 Å². The summed E-state index contributed by atoms with van der Waals surface area (Å²) in [6.45, 7) is 6.11. The minimum absolute atomic E-state index is 0.0262. The predicted molar refractivity (Wildman–Crippen MR) is 166 cm³/mol. The van der Waals surface area contributed by atoms with Crippen LogP contribution in [0.3, 0.4) is 0 Å². The van der Waals surface area contributed by atoms with Gasteiger partial charge >= 0.3 is 11.5 Å². The first-order valence-electron chi connectivity index (χ1n) is 13.6. The van der Waals surface area contributed by atoms with Crippen LogP contribution in [0.25, 0.3) is 17.1 Å². The van der Waals surface area contributed by atoms with E-state index in [4.69, 9.17) is 4.74 Å². The number of nitrogens with zero attached hydrogens (tertiary/aromatic N) is 5. The fourth-order valence-corrected chi connectivity index (χ4v) is 5.92. The van der Waals surface area contributed by atoms with Crippen molar-refractivity contribution in [1.82, 2.24) is 14.8 Å². The first-order chi connectivity index (χ1) is 21.4. The standard InChI is InChI=1S/C30H26F4N6O3S2/c1-4-43-18(3)22-11-5-17(2)13-25(22)40-26(41)15-44-29(40)37-28(42)36-24-12-6-19(14-23(24)31)27-35-16-39(38-27)20-7-9-21(10-8-20)45-30(32,33)34/h5-14,16,18H,4,15H2,1-3H3,(H,36,42)/b37-29-. The molecular weight excluding hydrogens is 632 g/mol. The van der Waals surface area contributed by atoms with Crippen molar-refractivity contribution in [2.75, 3.05) is 22.6 Å². The second kappa shape index (κ2) is 13.4. The Morgan fingerprint density at radius 1 is 1.16 bits per heavy atom. The Bertz CT molecular complexity index is 1760. The molecule has 15 heteroatoms. The van der Waals surface area contributed by atoms with Gasteiger partial charge in [-0.2, -0.15) is 18.2 Å². The Labute approximate surface area is 264 Å². The lowest BCUT2D eigenvalue weighted by molar-refractivity contribution is -0.115. The number of alkyl halides is 3. The number of carbonyl (C=O) groups excluding carboxylic acids is 2. The Morgan fingerprint density at radius 3 is 2.60 bits per heavy atom. The minimum atomic E-state index is -4.40. The topological polar surface area (TPSA) is 102 Å². The summed E-state index contributed by atoms with van der Waals surface area (Å²) < 4.78 is 60.0. The maximum atomic E-state index is 15.1. The third kappa shape index (κ3) is 7.72. The second-order valence-electron chi connectivity index (χ2n) is 9.75. The zero-order valence-electron chi connectivity index (χ0n) is 24.1. The number of carbonyl (C=O) groups is 2. The van der Waals surface area contributed by atoms with Crippen LogP contribution in [0.15, 0.2) is 76.9 Å². The molecule has 234 valence electrons. The molecule has 3 amide bonds. The molecule has 1 aliphatic heterocycles. The quantitative estimate of drug-likeness (QED) is 0.153. The van der Waals surface area contributed by atoms with E-state index in [1.54, 1.807) is 0 Å². The van der Waals surface area contributed by atoms with Crippen molar-refractivity contribution in [3.8, 4) is 17.1 Å². The molecule has 1 aliphatic rings. The highest BCUT2D eigenvalue weighted by Gasteiger charge is 2.33. The molecule has 0 radical (unpaired) electrons. The summed E-state index contributed by atoms with van der Waals surface area (Å²) in [5.74, 6) is -0.778. The van der Waals surface area contributed by atoms with Crippen LogP contribution in [0.1, 0.15) is 31.1 Å². The number of hydrogen-bond donors (Lipinski definition) is 1. The molecule has 1 saturated heterocycles. The highest BCUT2D eigenvalue weighted by atomic mass is 32.2. The van der Waals surface area contributed by atoms with Crippen LogP contribution in [0.5, 0.6) is 0 Å². The number of urea groups is 1. The van der Waals surface area contributed by atoms with Gasteiger partial charge < -0.3 is 10.1 Å². The van der Waals surface area contributed by atoms with Gasteiger partial charge in [-0.3, -0.25) is 9.69 Å². The average molecular weight is 659 g/mol. The van der Waals surface area contributed by atoms with Crippen molar-refractivity contribution in [1.29, 1.82) is 0 Å². The molecule has 3 aromatic carbocycles. The number of amides is 3. The van der Waals surface area contributed by atoms with E-state index in [0.29, 0.717) is 23.5 Å². The Balaban J connectivity index is 1.31. The van der Waals surface area contributed by atoms with Crippen LogP contribution in [-0.2, 0) is 9.53 Å². The Kier molecular flexibility index (Phi) is 9.60. The highest BCUT2D eigenvalue weighted by molar-refractivity contribution is 8.15. The third-order valence-electron chi connectivity index (χ3n) is 6.54. The number of aliphatic imine (C=N–C) groups is 1. The monoisotopic (exact) mass is 658 g/mol. The fraction of sp³-hybridized carbons (Fsp3) is 0.233. The molecule has 0 bridgehead atoms. The lowest BCUT2D eigenvalue weighted by Gasteiger charge is -2.23. The van der Waals surface area contributed by atoms with Crippen LogP contribution >= 0.6 is 23.5 Å².